The molecule has 0 aliphatic carbocycles. The smallest absolute Gasteiger partial charge is 0.324 e. The highest BCUT2D eigenvalue weighted by Crippen LogP contribution is 2.26. The van der Waals surface area contributed by atoms with Crippen LogP contribution in [0.15, 0.2) is 6.20 Å². The third-order valence-electron chi connectivity index (χ3n) is 5.58. The predicted octanol–water partition coefficient (Wildman–Crippen LogP) is 0.793. The minimum Gasteiger partial charge on any atom is -0.343 e. The number of aromatic nitrogens is 1. The first kappa shape index (κ1) is 20.6. The average Bonchev–Trinajstić information content (AvgIpc) is 3.07. The summed E-state index contributed by atoms with van der Waals surface area (Å²) in [6.45, 7) is 5.77. The Labute approximate surface area is 170 Å². The van der Waals surface area contributed by atoms with Crippen molar-refractivity contribution in [2.24, 2.45) is 0 Å². The SMILES string of the molecule is [B]c1cnc(NC(=O)N(C2CCN(C(C)=O)CC2)C2CCN(C(C)=O)CC2)s1. The van der Waals surface area contributed by atoms with E-state index in [0.717, 1.165) is 25.7 Å². The Hall–Kier alpha value is -2.10. The van der Waals surface area contributed by atoms with Gasteiger partial charge in [0, 0.05) is 58.3 Å². The van der Waals surface area contributed by atoms with E-state index in [1.54, 1.807) is 13.8 Å². The van der Waals surface area contributed by atoms with Crippen molar-refractivity contribution in [3.05, 3.63) is 6.20 Å². The molecule has 0 unspecified atom stereocenters. The maximum absolute atomic E-state index is 13.1. The van der Waals surface area contributed by atoms with Crippen LogP contribution in [0.25, 0.3) is 0 Å². The molecule has 10 heteroatoms. The van der Waals surface area contributed by atoms with Crippen molar-refractivity contribution < 1.29 is 14.4 Å². The second kappa shape index (κ2) is 8.94. The number of amides is 4. The molecule has 2 aliphatic heterocycles. The number of piperidine rings is 2. The van der Waals surface area contributed by atoms with Crippen LogP contribution in [0.3, 0.4) is 0 Å². The van der Waals surface area contributed by atoms with Gasteiger partial charge in [0.15, 0.2) is 5.13 Å². The van der Waals surface area contributed by atoms with Crippen LogP contribution >= 0.6 is 11.3 Å². The van der Waals surface area contributed by atoms with E-state index < -0.39 is 0 Å². The zero-order valence-corrected chi connectivity index (χ0v) is 17.2. The number of nitrogens with zero attached hydrogens (tertiary/aromatic N) is 4. The highest BCUT2D eigenvalue weighted by atomic mass is 32.1. The molecule has 2 radical (unpaired) electrons. The summed E-state index contributed by atoms with van der Waals surface area (Å²) in [7, 11) is 5.72. The molecular formula is C18H26BN5O3S. The number of thiazole rings is 1. The molecular weight excluding hydrogens is 377 g/mol. The first-order chi connectivity index (χ1) is 13.3. The van der Waals surface area contributed by atoms with Gasteiger partial charge in [-0.1, -0.05) is 0 Å². The Bertz CT molecular complexity index is 693. The third-order valence-corrected chi connectivity index (χ3v) is 6.32. The molecule has 0 spiro atoms. The molecule has 2 fully saturated rings. The van der Waals surface area contributed by atoms with Crippen LogP contribution in [-0.2, 0) is 9.59 Å². The Morgan fingerprint density at radius 1 is 1.04 bits per heavy atom. The number of carbonyl (C=O) groups is 3. The van der Waals surface area contributed by atoms with E-state index in [1.807, 2.05) is 14.7 Å². The first-order valence-electron chi connectivity index (χ1n) is 9.66. The lowest BCUT2D eigenvalue weighted by Crippen LogP contribution is -2.56. The number of hydrogen-bond donors (Lipinski definition) is 1. The molecule has 1 aromatic heterocycles. The van der Waals surface area contributed by atoms with Gasteiger partial charge >= 0.3 is 6.03 Å². The number of likely N-dealkylation sites (tertiary alicyclic amines) is 2. The van der Waals surface area contributed by atoms with Crippen molar-refractivity contribution in [1.82, 2.24) is 19.7 Å². The molecule has 0 saturated carbocycles. The lowest BCUT2D eigenvalue weighted by molar-refractivity contribution is -0.130. The molecule has 0 atom stereocenters. The molecule has 28 heavy (non-hydrogen) atoms. The number of anilines is 1. The fourth-order valence-corrected chi connectivity index (χ4v) is 4.62. The zero-order valence-electron chi connectivity index (χ0n) is 16.4. The van der Waals surface area contributed by atoms with E-state index in [1.165, 1.54) is 17.5 Å². The fraction of sp³-hybridized carbons (Fsp3) is 0.667. The molecule has 0 bridgehead atoms. The van der Waals surface area contributed by atoms with Gasteiger partial charge in [0.25, 0.3) is 0 Å². The summed E-state index contributed by atoms with van der Waals surface area (Å²) in [4.78, 5) is 46.1. The molecule has 3 heterocycles. The predicted molar refractivity (Wildman–Crippen MR) is 109 cm³/mol. The summed E-state index contributed by atoms with van der Waals surface area (Å²) in [5.41, 5.74) is 0. The van der Waals surface area contributed by atoms with Gasteiger partial charge in [0.05, 0.1) is 0 Å². The second-order valence-corrected chi connectivity index (χ2v) is 8.44. The van der Waals surface area contributed by atoms with Crippen LogP contribution in [0, 0.1) is 0 Å². The lowest BCUT2D eigenvalue weighted by atomic mass is 9.96. The van der Waals surface area contributed by atoms with Crippen LogP contribution in [0.4, 0.5) is 9.93 Å². The van der Waals surface area contributed by atoms with E-state index >= 15 is 0 Å². The van der Waals surface area contributed by atoms with Crippen LogP contribution in [0.1, 0.15) is 39.5 Å². The maximum Gasteiger partial charge on any atom is 0.324 e. The zero-order chi connectivity index (χ0) is 20.3. The monoisotopic (exact) mass is 403 g/mol. The summed E-state index contributed by atoms with van der Waals surface area (Å²) < 4.78 is 0.548. The van der Waals surface area contributed by atoms with Crippen molar-refractivity contribution in [3.8, 4) is 0 Å². The number of nitrogens with one attached hydrogen (secondary N) is 1. The van der Waals surface area contributed by atoms with Crippen LogP contribution in [-0.4, -0.2) is 83.6 Å². The maximum atomic E-state index is 13.1. The Morgan fingerprint density at radius 3 is 1.86 bits per heavy atom. The van der Waals surface area contributed by atoms with E-state index in [2.05, 4.69) is 10.3 Å². The summed E-state index contributed by atoms with van der Waals surface area (Å²) in [5.74, 6) is 0.143. The van der Waals surface area contributed by atoms with Crippen molar-refractivity contribution in [3.63, 3.8) is 0 Å². The van der Waals surface area contributed by atoms with Crippen molar-refractivity contribution in [1.29, 1.82) is 0 Å². The minimum absolute atomic E-state index is 0.0572. The molecule has 1 N–H and O–H groups in total. The molecule has 3 rings (SSSR count). The normalized spacial score (nSPS) is 18.8. The van der Waals surface area contributed by atoms with Gasteiger partial charge in [-0.05, 0) is 30.5 Å². The van der Waals surface area contributed by atoms with E-state index in [-0.39, 0.29) is 29.9 Å². The molecule has 0 aromatic carbocycles. The third kappa shape index (κ3) is 4.84. The van der Waals surface area contributed by atoms with Gasteiger partial charge in [0.1, 0.15) is 7.85 Å². The Morgan fingerprint density at radius 2 is 1.50 bits per heavy atom. The average molecular weight is 403 g/mol. The van der Waals surface area contributed by atoms with E-state index in [0.29, 0.717) is 36.1 Å². The number of urea groups is 1. The Balaban J connectivity index is 1.71. The minimum atomic E-state index is -0.183. The van der Waals surface area contributed by atoms with Gasteiger partial charge in [-0.2, -0.15) is 0 Å². The topological polar surface area (TPSA) is 85.8 Å². The second-order valence-electron chi connectivity index (χ2n) is 7.38. The van der Waals surface area contributed by atoms with Gasteiger partial charge in [-0.15, -0.1) is 11.3 Å². The molecule has 150 valence electrons. The number of carbonyl (C=O) groups excluding carboxylic acids is 3. The van der Waals surface area contributed by atoms with Gasteiger partial charge in [0.2, 0.25) is 11.8 Å². The summed E-state index contributed by atoms with van der Waals surface area (Å²) in [5, 5.41) is 3.36. The molecule has 4 amide bonds. The van der Waals surface area contributed by atoms with Crippen molar-refractivity contribution in [2.75, 3.05) is 31.5 Å². The van der Waals surface area contributed by atoms with Gasteiger partial charge < -0.3 is 14.7 Å². The highest BCUT2D eigenvalue weighted by Gasteiger charge is 2.36. The number of rotatable bonds is 3. The van der Waals surface area contributed by atoms with E-state index in [4.69, 9.17) is 7.85 Å². The summed E-state index contributed by atoms with van der Waals surface area (Å²) >= 11 is 1.24. The number of hydrogen-bond acceptors (Lipinski definition) is 5. The largest absolute Gasteiger partial charge is 0.343 e. The summed E-state index contributed by atoms with van der Waals surface area (Å²) in [6, 6.07) is -0.0690. The molecule has 2 aliphatic rings. The Kier molecular flexibility index (Phi) is 6.59. The standard InChI is InChI=1S/C18H26BN5O3S/c1-12(25)22-7-3-14(4-8-22)24(15-5-9-23(10-6-15)13(2)26)18(27)21-17-20-11-16(19)28-17/h11,14-15H,3-10H2,1-2H3,(H,20,21,27). The van der Waals surface area contributed by atoms with Gasteiger partial charge in [-0.25, -0.2) is 9.78 Å². The van der Waals surface area contributed by atoms with E-state index in [9.17, 15) is 14.4 Å². The molecule has 2 saturated heterocycles. The lowest BCUT2D eigenvalue weighted by Gasteiger charge is -2.44. The highest BCUT2D eigenvalue weighted by molar-refractivity contribution is 7.23. The first-order valence-corrected chi connectivity index (χ1v) is 10.5. The fourth-order valence-electron chi connectivity index (χ4n) is 4.05. The summed E-state index contributed by atoms with van der Waals surface area (Å²) in [6.07, 6.45) is 4.53. The van der Waals surface area contributed by atoms with Crippen LogP contribution in [0.5, 0.6) is 0 Å². The molecule has 8 nitrogen and oxygen atoms in total. The van der Waals surface area contributed by atoms with Crippen LogP contribution in [0.2, 0.25) is 0 Å². The van der Waals surface area contributed by atoms with Gasteiger partial charge in [-0.3, -0.25) is 14.9 Å². The van der Waals surface area contributed by atoms with Crippen molar-refractivity contribution >= 4 is 46.9 Å². The van der Waals surface area contributed by atoms with Crippen LogP contribution < -0.4 is 10.1 Å². The van der Waals surface area contributed by atoms with Crippen molar-refractivity contribution in [2.45, 2.75) is 51.6 Å². The molecule has 1 aromatic rings. The quantitative estimate of drug-likeness (QED) is 0.757.